The standard InChI is InChI=1S/C11H14O4/c1-3-4-7-11(2,14)9-6-5-8(15-9)10(12)13/h3,5-6,14H,1,4,7H2,2H3,(H,12,13). The predicted octanol–water partition coefficient (Wildman–Crippen LogP) is 2.15. The molecule has 4 nitrogen and oxygen atoms in total. The summed E-state index contributed by atoms with van der Waals surface area (Å²) in [7, 11) is 0. The van der Waals surface area contributed by atoms with Crippen molar-refractivity contribution in [3.63, 3.8) is 0 Å². The topological polar surface area (TPSA) is 70.7 Å². The first-order valence-corrected chi connectivity index (χ1v) is 4.64. The van der Waals surface area contributed by atoms with Gasteiger partial charge in [0.1, 0.15) is 11.4 Å². The summed E-state index contributed by atoms with van der Waals surface area (Å²) in [6.07, 6.45) is 2.77. The van der Waals surface area contributed by atoms with E-state index in [1.54, 1.807) is 13.0 Å². The monoisotopic (exact) mass is 210 g/mol. The van der Waals surface area contributed by atoms with Crippen molar-refractivity contribution in [2.75, 3.05) is 0 Å². The first-order valence-electron chi connectivity index (χ1n) is 4.64. The highest BCUT2D eigenvalue weighted by molar-refractivity contribution is 5.84. The van der Waals surface area contributed by atoms with Crippen molar-refractivity contribution in [2.24, 2.45) is 0 Å². The Labute approximate surface area is 87.8 Å². The lowest BCUT2D eigenvalue weighted by atomic mass is 9.97. The van der Waals surface area contributed by atoms with E-state index in [1.807, 2.05) is 0 Å². The second-order valence-electron chi connectivity index (χ2n) is 3.57. The Morgan fingerprint density at radius 1 is 1.67 bits per heavy atom. The van der Waals surface area contributed by atoms with Crippen LogP contribution >= 0.6 is 0 Å². The van der Waals surface area contributed by atoms with Gasteiger partial charge in [-0.15, -0.1) is 6.58 Å². The van der Waals surface area contributed by atoms with E-state index in [4.69, 9.17) is 9.52 Å². The molecule has 0 saturated heterocycles. The second-order valence-corrected chi connectivity index (χ2v) is 3.57. The summed E-state index contributed by atoms with van der Waals surface area (Å²) < 4.78 is 5.02. The van der Waals surface area contributed by atoms with Gasteiger partial charge >= 0.3 is 5.97 Å². The molecule has 0 aliphatic rings. The zero-order valence-electron chi connectivity index (χ0n) is 8.56. The molecule has 1 unspecified atom stereocenters. The van der Waals surface area contributed by atoms with Gasteiger partial charge in [0.25, 0.3) is 0 Å². The van der Waals surface area contributed by atoms with Crippen molar-refractivity contribution in [2.45, 2.75) is 25.4 Å². The van der Waals surface area contributed by atoms with Crippen LogP contribution in [0.1, 0.15) is 36.1 Å². The summed E-state index contributed by atoms with van der Waals surface area (Å²) in [6.45, 7) is 5.14. The molecule has 1 rings (SSSR count). The Morgan fingerprint density at radius 2 is 2.33 bits per heavy atom. The lowest BCUT2D eigenvalue weighted by Gasteiger charge is -2.19. The van der Waals surface area contributed by atoms with Crippen LogP contribution in [0.3, 0.4) is 0 Å². The van der Waals surface area contributed by atoms with Crippen LogP contribution in [0.4, 0.5) is 0 Å². The van der Waals surface area contributed by atoms with Crippen molar-refractivity contribution in [1.29, 1.82) is 0 Å². The number of aromatic carboxylic acids is 1. The van der Waals surface area contributed by atoms with Crippen LogP contribution in [0.15, 0.2) is 29.2 Å². The molecule has 1 heterocycles. The van der Waals surface area contributed by atoms with Crippen molar-refractivity contribution >= 4 is 5.97 Å². The number of hydrogen-bond donors (Lipinski definition) is 2. The zero-order chi connectivity index (χ0) is 11.5. The first kappa shape index (κ1) is 11.5. The maximum Gasteiger partial charge on any atom is 0.371 e. The molecule has 0 aliphatic heterocycles. The molecule has 2 N–H and O–H groups in total. The summed E-state index contributed by atoms with van der Waals surface area (Å²) in [4.78, 5) is 10.6. The maximum atomic E-state index is 10.6. The Hall–Kier alpha value is -1.55. The lowest BCUT2D eigenvalue weighted by molar-refractivity contribution is 0.0241. The van der Waals surface area contributed by atoms with Crippen LogP contribution in [0.2, 0.25) is 0 Å². The van der Waals surface area contributed by atoms with Crippen molar-refractivity contribution in [1.82, 2.24) is 0 Å². The Kier molecular flexibility index (Phi) is 3.31. The van der Waals surface area contributed by atoms with Gasteiger partial charge < -0.3 is 14.6 Å². The molecule has 0 saturated carbocycles. The van der Waals surface area contributed by atoms with Gasteiger partial charge in [0, 0.05) is 0 Å². The number of allylic oxidation sites excluding steroid dienone is 1. The Balaban J connectivity index is 2.84. The molecular formula is C11H14O4. The largest absolute Gasteiger partial charge is 0.475 e. The molecule has 0 aromatic carbocycles. The van der Waals surface area contributed by atoms with Gasteiger partial charge in [-0.05, 0) is 31.9 Å². The number of carbonyl (C=O) groups is 1. The third-order valence-corrected chi connectivity index (χ3v) is 2.18. The van der Waals surface area contributed by atoms with E-state index in [2.05, 4.69) is 6.58 Å². The molecule has 0 bridgehead atoms. The van der Waals surface area contributed by atoms with Gasteiger partial charge in [0.15, 0.2) is 0 Å². The van der Waals surface area contributed by atoms with Crippen LogP contribution in [-0.2, 0) is 5.60 Å². The maximum absolute atomic E-state index is 10.6. The van der Waals surface area contributed by atoms with E-state index < -0.39 is 11.6 Å². The van der Waals surface area contributed by atoms with E-state index in [0.29, 0.717) is 12.8 Å². The smallest absolute Gasteiger partial charge is 0.371 e. The van der Waals surface area contributed by atoms with Gasteiger partial charge in [-0.3, -0.25) is 0 Å². The van der Waals surface area contributed by atoms with Gasteiger partial charge in [-0.25, -0.2) is 4.79 Å². The molecule has 1 aromatic rings. The van der Waals surface area contributed by atoms with Crippen molar-refractivity contribution < 1.29 is 19.4 Å². The molecule has 0 amide bonds. The SMILES string of the molecule is C=CCCC(C)(O)c1ccc(C(=O)O)o1. The molecule has 0 spiro atoms. The number of carboxylic acids is 1. The minimum Gasteiger partial charge on any atom is -0.475 e. The van der Waals surface area contributed by atoms with E-state index in [0.717, 1.165) is 0 Å². The summed E-state index contributed by atoms with van der Waals surface area (Å²) in [5.41, 5.74) is -1.15. The molecule has 15 heavy (non-hydrogen) atoms. The highest BCUT2D eigenvalue weighted by atomic mass is 16.4. The summed E-state index contributed by atoms with van der Waals surface area (Å²) in [5, 5.41) is 18.6. The predicted molar refractivity (Wildman–Crippen MR) is 54.7 cm³/mol. The van der Waals surface area contributed by atoms with Gasteiger partial charge in [-0.2, -0.15) is 0 Å². The molecule has 82 valence electrons. The summed E-state index contributed by atoms with van der Waals surface area (Å²) in [6, 6.07) is 2.81. The average Bonchev–Trinajstić information content (AvgIpc) is 2.64. The first-order chi connectivity index (χ1) is 6.97. The Morgan fingerprint density at radius 3 is 2.80 bits per heavy atom. The highest BCUT2D eigenvalue weighted by Crippen LogP contribution is 2.27. The third-order valence-electron chi connectivity index (χ3n) is 2.18. The minimum atomic E-state index is -1.15. The average molecular weight is 210 g/mol. The number of furan rings is 1. The van der Waals surface area contributed by atoms with E-state index in [1.165, 1.54) is 12.1 Å². The minimum absolute atomic E-state index is 0.163. The van der Waals surface area contributed by atoms with E-state index in [-0.39, 0.29) is 11.5 Å². The van der Waals surface area contributed by atoms with E-state index >= 15 is 0 Å². The molecule has 0 fully saturated rings. The van der Waals surface area contributed by atoms with Crippen LogP contribution in [0.25, 0.3) is 0 Å². The van der Waals surface area contributed by atoms with Gasteiger partial charge in [-0.1, -0.05) is 6.08 Å². The summed E-state index contributed by atoms with van der Waals surface area (Å²) in [5.74, 6) is -1.04. The molecule has 4 heteroatoms. The lowest BCUT2D eigenvalue weighted by Crippen LogP contribution is -2.19. The third kappa shape index (κ3) is 2.70. The van der Waals surface area contributed by atoms with Crippen LogP contribution < -0.4 is 0 Å². The second kappa shape index (κ2) is 4.31. The normalized spacial score (nSPS) is 14.5. The quantitative estimate of drug-likeness (QED) is 0.730. The van der Waals surface area contributed by atoms with Gasteiger partial charge in [0.05, 0.1) is 0 Å². The molecule has 0 aliphatic carbocycles. The molecule has 1 aromatic heterocycles. The number of aliphatic hydroxyl groups is 1. The van der Waals surface area contributed by atoms with Crippen LogP contribution in [0, 0.1) is 0 Å². The molecule has 1 atom stereocenters. The zero-order valence-corrected chi connectivity index (χ0v) is 8.56. The fourth-order valence-corrected chi connectivity index (χ4v) is 1.25. The van der Waals surface area contributed by atoms with Crippen molar-refractivity contribution in [3.05, 3.63) is 36.3 Å². The number of rotatable bonds is 5. The number of carboxylic acid groups (broad SMARTS) is 1. The summed E-state index contributed by atoms with van der Waals surface area (Å²) >= 11 is 0. The molecular weight excluding hydrogens is 196 g/mol. The number of hydrogen-bond acceptors (Lipinski definition) is 3. The van der Waals surface area contributed by atoms with Crippen LogP contribution in [-0.4, -0.2) is 16.2 Å². The van der Waals surface area contributed by atoms with Crippen LogP contribution in [0.5, 0.6) is 0 Å². The fourth-order valence-electron chi connectivity index (χ4n) is 1.25. The van der Waals surface area contributed by atoms with E-state index in [9.17, 15) is 9.90 Å². The molecule has 0 radical (unpaired) electrons. The van der Waals surface area contributed by atoms with Crippen molar-refractivity contribution in [3.8, 4) is 0 Å². The fraction of sp³-hybridized carbons (Fsp3) is 0.364. The van der Waals surface area contributed by atoms with Gasteiger partial charge in [0.2, 0.25) is 5.76 Å². The Bertz CT molecular complexity index is 362. The highest BCUT2D eigenvalue weighted by Gasteiger charge is 2.27.